The molecule has 2 aliphatic rings. The van der Waals surface area contributed by atoms with Gasteiger partial charge in [-0.2, -0.15) is 0 Å². The first-order valence-corrected chi connectivity index (χ1v) is 48.3. The van der Waals surface area contributed by atoms with E-state index in [2.05, 4.69) is 89.6 Å². The molecule has 5 heterocycles. The zero-order valence-electron chi connectivity index (χ0n) is 74.4. The highest BCUT2D eigenvalue weighted by molar-refractivity contribution is 5.96. The lowest BCUT2D eigenvalue weighted by Gasteiger charge is -2.12. The highest BCUT2D eigenvalue weighted by Gasteiger charge is 2.27. The molecule has 2 N–H and O–H groups in total. The zero-order chi connectivity index (χ0) is 79.5. The Bertz CT molecular complexity index is 2790. The Balaban J connectivity index is 1.87. The Labute approximate surface area is 688 Å². The number of aromatic nitrogens is 4. The number of aromatic amines is 2. The second-order valence-corrected chi connectivity index (χ2v) is 33.1. The molecule has 0 aromatic carbocycles. The monoisotopic (exact) mass is 1560 g/mol. The van der Waals surface area contributed by atoms with Gasteiger partial charge in [0, 0.05) is 74.9 Å². The van der Waals surface area contributed by atoms with E-state index in [-0.39, 0.29) is 0 Å². The molecule has 0 saturated heterocycles. The van der Waals surface area contributed by atoms with Crippen LogP contribution in [0.3, 0.4) is 0 Å². The van der Waals surface area contributed by atoms with Gasteiger partial charge in [0.05, 0.1) is 75.6 Å². The summed E-state index contributed by atoms with van der Waals surface area (Å²) in [5.41, 5.74) is 18.6. The van der Waals surface area contributed by atoms with E-state index in [0.717, 1.165) is 200 Å². The maximum Gasteiger partial charge on any atom is 0.0695 e. The molecule has 2 aliphatic heterocycles. The van der Waals surface area contributed by atoms with Gasteiger partial charge in [-0.25, -0.2) is 9.97 Å². The predicted molar refractivity (Wildman–Crippen MR) is 481 cm³/mol. The van der Waals surface area contributed by atoms with Gasteiger partial charge in [0.15, 0.2) is 0 Å². The highest BCUT2D eigenvalue weighted by atomic mass is 16.5. The minimum atomic E-state index is 0.624. The van der Waals surface area contributed by atoms with Crippen LogP contribution < -0.4 is 0 Å². The van der Waals surface area contributed by atoms with Gasteiger partial charge >= 0.3 is 0 Å². The molecule has 112 heavy (non-hydrogen) atoms. The number of H-pyrrole nitrogens is 2. The van der Waals surface area contributed by atoms with Crippen LogP contribution >= 0.6 is 0 Å². The van der Waals surface area contributed by atoms with Crippen molar-refractivity contribution in [2.24, 2.45) is 0 Å². The summed E-state index contributed by atoms with van der Waals surface area (Å²) in [7, 11) is 0. The van der Waals surface area contributed by atoms with Crippen molar-refractivity contribution in [3.63, 3.8) is 0 Å². The van der Waals surface area contributed by atoms with Crippen molar-refractivity contribution < 1.29 is 37.9 Å². The van der Waals surface area contributed by atoms with Gasteiger partial charge in [-0.05, 0) is 172 Å². The number of ether oxygens (including phenoxy) is 8. The third kappa shape index (κ3) is 43.6. The van der Waals surface area contributed by atoms with Gasteiger partial charge in [0.25, 0.3) is 0 Å². The molecule has 5 rings (SSSR count). The van der Waals surface area contributed by atoms with Crippen molar-refractivity contribution in [1.82, 2.24) is 19.9 Å². The minimum Gasteiger partial charge on any atom is -0.381 e. The predicted octanol–water partition coefficient (Wildman–Crippen LogP) is 28.9. The van der Waals surface area contributed by atoms with Gasteiger partial charge in [-0.15, -0.1) is 0 Å². The minimum absolute atomic E-state index is 0.624. The number of nitrogens with one attached hydrogen (secondary N) is 2. The third-order valence-electron chi connectivity index (χ3n) is 23.2. The molecule has 0 fully saturated rings. The summed E-state index contributed by atoms with van der Waals surface area (Å²) in [5.74, 6) is 0. The second kappa shape index (κ2) is 69.3. The third-order valence-corrected chi connectivity index (χ3v) is 23.2. The van der Waals surface area contributed by atoms with E-state index >= 15 is 0 Å². The smallest absolute Gasteiger partial charge is 0.0695 e. The van der Waals surface area contributed by atoms with Crippen molar-refractivity contribution >= 4 is 44.4 Å². The van der Waals surface area contributed by atoms with Crippen molar-refractivity contribution in [1.29, 1.82) is 0 Å². The molecule has 8 bridgehead atoms. The lowest BCUT2D eigenvalue weighted by atomic mass is 9.96. The van der Waals surface area contributed by atoms with Crippen LogP contribution in [0.4, 0.5) is 0 Å². The molecular formula is C100H174N4O8. The maximum absolute atomic E-state index is 6.74. The normalized spacial score (nSPS) is 12.6. The van der Waals surface area contributed by atoms with Gasteiger partial charge < -0.3 is 47.9 Å². The number of rotatable bonds is 80. The fourth-order valence-electron chi connectivity index (χ4n) is 16.3. The van der Waals surface area contributed by atoms with Crippen LogP contribution in [0.15, 0.2) is 24.3 Å². The maximum atomic E-state index is 6.74. The number of fused-ring (bicyclic) bond motifs is 8. The van der Waals surface area contributed by atoms with E-state index in [4.69, 9.17) is 47.9 Å². The first kappa shape index (κ1) is 98.9. The fraction of sp³-hybridized carbons (Fsp3) is 0.800. The summed E-state index contributed by atoms with van der Waals surface area (Å²) >= 11 is 0. The summed E-state index contributed by atoms with van der Waals surface area (Å²) < 4.78 is 53.8. The topological polar surface area (TPSA) is 131 Å². The van der Waals surface area contributed by atoms with Crippen molar-refractivity contribution in [2.75, 3.05) is 106 Å². The molecule has 12 heteroatoms. The molecule has 0 radical (unpaired) electrons. The summed E-state index contributed by atoms with van der Waals surface area (Å²) in [4.78, 5) is 20.4. The van der Waals surface area contributed by atoms with Crippen LogP contribution in [0.5, 0.6) is 0 Å². The summed E-state index contributed by atoms with van der Waals surface area (Å²) in [6.07, 6.45) is 65.6. The summed E-state index contributed by atoms with van der Waals surface area (Å²) in [6.45, 7) is 29.7. The van der Waals surface area contributed by atoms with Gasteiger partial charge in [-0.3, -0.25) is 0 Å². The van der Waals surface area contributed by atoms with Crippen LogP contribution in [0, 0.1) is 0 Å². The van der Waals surface area contributed by atoms with Crippen molar-refractivity contribution in [3.05, 3.63) is 69.3 Å². The first-order valence-electron chi connectivity index (χ1n) is 48.3. The summed E-state index contributed by atoms with van der Waals surface area (Å²) in [5, 5.41) is 0. The van der Waals surface area contributed by atoms with E-state index in [1.807, 2.05) is 0 Å². The molecule has 0 atom stereocenters. The van der Waals surface area contributed by atoms with Gasteiger partial charge in [-0.1, -0.05) is 312 Å². The van der Waals surface area contributed by atoms with Crippen molar-refractivity contribution in [2.45, 2.75) is 415 Å². The molecule has 3 aromatic heterocycles. The van der Waals surface area contributed by atoms with Gasteiger partial charge in [0.1, 0.15) is 0 Å². The lowest BCUT2D eigenvalue weighted by Crippen LogP contribution is -2.05. The molecule has 0 unspecified atom stereocenters. The molecular weight excluding hydrogens is 1390 g/mol. The van der Waals surface area contributed by atoms with Crippen LogP contribution in [-0.2, 0) is 63.6 Å². The standard InChI is InChI=1S/C100H174N4O8/c1-9-17-25-33-41-49-65-105-73-57-85-86(58-74-106-66-50-42-34-26-18-10-2)94-82-96-89(61-77-109-69-53-45-37-29-21-13-5)90(62-78-110-70-54-46-38-30-22-14-6)98(103-96)84-100-92(64-80-112-72-56-48-40-32-24-16-8)91(63-79-111-71-55-47-39-31-23-15-7)99(104-100)83-97-88(60-76-108-68-52-44-36-28-20-12-4)87(95(102-97)81-93(85)101-94)59-75-107-67-51-43-35-27-19-11-3/h81-84,101-102H,9-80H2,1-8H3. The van der Waals surface area contributed by atoms with Crippen LogP contribution in [-0.4, -0.2) is 126 Å². The Morgan fingerprint density at radius 3 is 0.536 bits per heavy atom. The quantitative estimate of drug-likeness (QED) is 0.0527. The SMILES string of the molecule is CCCCCCCCOCCC1=C(CCOCCCCCCCC)c2cc3[nH]c(cc4[nH]c(cc5nc(cc1n2)C(CCOCCCCCCCC)=C5CCOCCCCCCCC)c(CCOCCCCCCCC)c4CCOCCCCCCCC)c(CCOCCCCCCCC)c3CCOCCCCCCCC. The Hall–Kier alpha value is -3.72. The fourth-order valence-corrected chi connectivity index (χ4v) is 16.3. The lowest BCUT2D eigenvalue weighted by molar-refractivity contribution is 0.130. The Morgan fingerprint density at radius 2 is 0.339 bits per heavy atom. The Morgan fingerprint density at radius 1 is 0.179 bits per heavy atom. The summed E-state index contributed by atoms with van der Waals surface area (Å²) in [6, 6.07) is 9.66. The van der Waals surface area contributed by atoms with Crippen LogP contribution in [0.2, 0.25) is 0 Å². The number of unbranched alkanes of at least 4 members (excludes halogenated alkanes) is 40. The molecule has 0 amide bonds. The molecule has 12 nitrogen and oxygen atoms in total. The van der Waals surface area contributed by atoms with E-state index in [1.165, 1.54) is 301 Å². The van der Waals surface area contributed by atoms with Crippen LogP contribution in [0.25, 0.3) is 44.4 Å². The van der Waals surface area contributed by atoms with Crippen molar-refractivity contribution in [3.8, 4) is 0 Å². The average molecular weight is 1560 g/mol. The Kier molecular flexibility index (Phi) is 61.1. The molecule has 0 aliphatic carbocycles. The molecule has 642 valence electrons. The average Bonchev–Trinajstić information content (AvgIpc) is 1.61. The molecule has 3 aromatic rings. The van der Waals surface area contributed by atoms with E-state index in [1.54, 1.807) is 0 Å². The number of nitrogens with zero attached hydrogens (tertiary/aromatic N) is 2. The molecule has 0 spiro atoms. The largest absolute Gasteiger partial charge is 0.381 e. The highest BCUT2D eigenvalue weighted by Crippen LogP contribution is 2.41. The van der Waals surface area contributed by atoms with E-state index < -0.39 is 0 Å². The first-order chi connectivity index (χ1) is 55.5. The van der Waals surface area contributed by atoms with E-state index in [9.17, 15) is 0 Å². The number of hydrogen-bond acceptors (Lipinski definition) is 10. The second-order valence-electron chi connectivity index (χ2n) is 33.1. The molecule has 0 saturated carbocycles. The van der Waals surface area contributed by atoms with E-state index in [0.29, 0.717) is 52.9 Å². The van der Waals surface area contributed by atoms with Crippen LogP contribution in [0.1, 0.15) is 434 Å². The van der Waals surface area contributed by atoms with Gasteiger partial charge in [0.2, 0.25) is 0 Å². The zero-order valence-corrected chi connectivity index (χ0v) is 74.4. The number of hydrogen-bond donors (Lipinski definition) is 2.